The number of hydrogen-bond donors (Lipinski definition) is 2. The number of carbonyl (C=O) groups is 1. The highest BCUT2D eigenvalue weighted by molar-refractivity contribution is 6.30. The molecule has 2 aromatic carbocycles. The number of imidazole rings is 1. The molecule has 140 valence electrons. The number of benzene rings is 2. The topological polar surface area (TPSA) is 59.0 Å². The fourth-order valence-corrected chi connectivity index (χ4v) is 3.01. The Balaban J connectivity index is 1.64. The molecule has 0 aliphatic carbocycles. The largest absolute Gasteiger partial charge is 0.338 e. The lowest BCUT2D eigenvalue weighted by Gasteiger charge is -2.19. The Morgan fingerprint density at radius 2 is 1.70 bits per heavy atom. The maximum atomic E-state index is 12.4. The average molecular weight is 403 g/mol. The number of rotatable bonds is 6. The van der Waals surface area contributed by atoms with Crippen LogP contribution < -0.4 is 10.6 Å². The molecule has 0 aliphatic rings. The molecule has 0 bridgehead atoms. The third-order valence-corrected chi connectivity index (χ3v) is 4.71. The van der Waals surface area contributed by atoms with E-state index in [9.17, 15) is 4.79 Å². The summed E-state index contributed by atoms with van der Waals surface area (Å²) in [5, 5.41) is 7.23. The maximum absolute atomic E-state index is 12.4. The van der Waals surface area contributed by atoms with Gasteiger partial charge < -0.3 is 15.2 Å². The summed E-state index contributed by atoms with van der Waals surface area (Å²) in [7, 11) is 1.89. The number of aryl methyl sites for hydroxylation is 1. The molecular weight excluding hydrogens is 383 g/mol. The number of carbonyl (C=O) groups excluding carboxylic acids is 1. The third-order valence-electron chi connectivity index (χ3n) is 4.21. The summed E-state index contributed by atoms with van der Waals surface area (Å²) in [6.07, 6.45) is 4.27. The first-order valence-corrected chi connectivity index (χ1v) is 9.30. The summed E-state index contributed by atoms with van der Waals surface area (Å²) in [5.41, 5.74) is 2.01. The highest BCUT2D eigenvalue weighted by Gasteiger charge is 2.20. The van der Waals surface area contributed by atoms with Gasteiger partial charge in [-0.2, -0.15) is 0 Å². The van der Waals surface area contributed by atoms with Crippen LogP contribution in [0.5, 0.6) is 0 Å². The first-order valence-electron chi connectivity index (χ1n) is 8.54. The van der Waals surface area contributed by atoms with Gasteiger partial charge in [0.05, 0.1) is 0 Å². The van der Waals surface area contributed by atoms with Crippen LogP contribution >= 0.6 is 23.2 Å². The maximum Gasteiger partial charge on any atom is 0.315 e. The summed E-state index contributed by atoms with van der Waals surface area (Å²) in [5.74, 6) is 0.741. The quantitative estimate of drug-likeness (QED) is 0.643. The fourth-order valence-electron chi connectivity index (χ4n) is 2.76. The Morgan fingerprint density at radius 1 is 1.07 bits per heavy atom. The summed E-state index contributed by atoms with van der Waals surface area (Å²) >= 11 is 11.9. The van der Waals surface area contributed by atoms with Crippen molar-refractivity contribution in [2.24, 2.45) is 7.05 Å². The number of hydrogen-bond acceptors (Lipinski definition) is 2. The number of urea groups is 1. The molecule has 27 heavy (non-hydrogen) atoms. The smallest absolute Gasteiger partial charge is 0.315 e. The lowest BCUT2D eigenvalue weighted by Crippen LogP contribution is -2.40. The Kier molecular flexibility index (Phi) is 6.37. The lowest BCUT2D eigenvalue weighted by molar-refractivity contribution is 0.238. The first-order chi connectivity index (χ1) is 13.0. The van der Waals surface area contributed by atoms with Gasteiger partial charge in [-0.15, -0.1) is 0 Å². The van der Waals surface area contributed by atoms with Crippen molar-refractivity contribution in [3.63, 3.8) is 0 Å². The van der Waals surface area contributed by atoms with E-state index in [0.717, 1.165) is 23.4 Å². The van der Waals surface area contributed by atoms with Gasteiger partial charge in [0.25, 0.3) is 0 Å². The molecule has 2 N–H and O–H groups in total. The van der Waals surface area contributed by atoms with Crippen LogP contribution in [0, 0.1) is 0 Å². The number of halogens is 2. The number of aromatic nitrogens is 2. The minimum absolute atomic E-state index is 0.257. The van der Waals surface area contributed by atoms with E-state index in [-0.39, 0.29) is 12.1 Å². The molecule has 1 atom stereocenters. The van der Waals surface area contributed by atoms with Crippen molar-refractivity contribution in [2.45, 2.75) is 12.5 Å². The zero-order valence-corrected chi connectivity index (χ0v) is 16.3. The second-order valence-electron chi connectivity index (χ2n) is 6.16. The van der Waals surface area contributed by atoms with Crippen LogP contribution in [0.15, 0.2) is 60.9 Å². The first kappa shape index (κ1) is 19.3. The number of amides is 2. The van der Waals surface area contributed by atoms with E-state index in [1.165, 1.54) is 0 Å². The monoisotopic (exact) mass is 402 g/mol. The molecule has 0 aliphatic heterocycles. The predicted octanol–water partition coefficient (Wildman–Crippen LogP) is 4.36. The van der Waals surface area contributed by atoms with Crippen molar-refractivity contribution >= 4 is 29.2 Å². The van der Waals surface area contributed by atoms with E-state index in [0.29, 0.717) is 16.6 Å². The van der Waals surface area contributed by atoms with E-state index in [2.05, 4.69) is 15.6 Å². The van der Waals surface area contributed by atoms with Crippen molar-refractivity contribution in [3.8, 4) is 0 Å². The van der Waals surface area contributed by atoms with Crippen molar-refractivity contribution in [2.75, 3.05) is 6.54 Å². The van der Waals surface area contributed by atoms with Crippen LogP contribution in [0.25, 0.3) is 0 Å². The second-order valence-corrected chi connectivity index (χ2v) is 7.03. The molecule has 0 unspecified atom stereocenters. The minimum Gasteiger partial charge on any atom is -0.338 e. The van der Waals surface area contributed by atoms with Crippen molar-refractivity contribution in [1.29, 1.82) is 0 Å². The normalized spacial score (nSPS) is 11.8. The van der Waals surface area contributed by atoms with Crippen LogP contribution in [0.1, 0.15) is 23.0 Å². The van der Waals surface area contributed by atoms with Crippen LogP contribution in [0.3, 0.4) is 0 Å². The molecule has 0 saturated carbocycles. The van der Waals surface area contributed by atoms with Gasteiger partial charge in [0.1, 0.15) is 11.9 Å². The molecule has 1 aromatic heterocycles. The van der Waals surface area contributed by atoms with Gasteiger partial charge in [-0.3, -0.25) is 0 Å². The molecule has 2 amide bonds. The summed E-state index contributed by atoms with van der Waals surface area (Å²) in [6, 6.07) is 14.3. The molecule has 0 saturated heterocycles. The van der Waals surface area contributed by atoms with Gasteiger partial charge in [-0.1, -0.05) is 47.5 Å². The van der Waals surface area contributed by atoms with Gasteiger partial charge in [0.2, 0.25) is 0 Å². The summed E-state index contributed by atoms with van der Waals surface area (Å²) < 4.78 is 1.88. The molecule has 3 rings (SSSR count). The molecular formula is C20H20Cl2N4O. The summed E-state index contributed by atoms with van der Waals surface area (Å²) in [4.78, 5) is 16.8. The Hall–Kier alpha value is -2.50. The van der Waals surface area contributed by atoms with Crippen LogP contribution in [-0.4, -0.2) is 22.1 Å². The molecule has 3 aromatic rings. The van der Waals surface area contributed by atoms with E-state index < -0.39 is 0 Å². The van der Waals surface area contributed by atoms with Gasteiger partial charge in [0.15, 0.2) is 0 Å². The fraction of sp³-hybridized carbons (Fsp3) is 0.200. The highest BCUT2D eigenvalue weighted by Crippen LogP contribution is 2.22. The Morgan fingerprint density at radius 3 is 2.30 bits per heavy atom. The molecule has 0 spiro atoms. The number of nitrogens with zero attached hydrogens (tertiary/aromatic N) is 2. The third kappa shape index (κ3) is 5.25. The van der Waals surface area contributed by atoms with Gasteiger partial charge in [0, 0.05) is 36.0 Å². The molecule has 0 fully saturated rings. The Bertz CT molecular complexity index is 891. The van der Waals surface area contributed by atoms with Crippen molar-refractivity contribution in [3.05, 3.63) is 87.9 Å². The van der Waals surface area contributed by atoms with E-state index in [1.807, 2.05) is 54.2 Å². The van der Waals surface area contributed by atoms with Crippen LogP contribution in [0.2, 0.25) is 10.0 Å². The van der Waals surface area contributed by atoms with E-state index >= 15 is 0 Å². The number of nitrogens with one attached hydrogen (secondary N) is 2. The molecule has 7 heteroatoms. The van der Waals surface area contributed by atoms with Crippen molar-refractivity contribution in [1.82, 2.24) is 20.2 Å². The highest BCUT2D eigenvalue weighted by atomic mass is 35.5. The standard InChI is InChI=1S/C20H20Cl2N4O/c1-26-13-12-23-19(26)18(15-4-8-17(22)9-5-15)25-20(27)24-11-10-14-2-6-16(21)7-3-14/h2-9,12-13,18H,10-11H2,1H3,(H2,24,25,27)/t18-/m1/s1. The van der Waals surface area contributed by atoms with Crippen molar-refractivity contribution < 1.29 is 4.79 Å². The zero-order valence-electron chi connectivity index (χ0n) is 14.8. The molecule has 0 radical (unpaired) electrons. The predicted molar refractivity (Wildman–Crippen MR) is 108 cm³/mol. The van der Waals surface area contributed by atoms with E-state index in [1.54, 1.807) is 18.3 Å². The Labute approximate surface area is 168 Å². The zero-order chi connectivity index (χ0) is 19.2. The van der Waals surface area contributed by atoms with Crippen LogP contribution in [-0.2, 0) is 13.5 Å². The van der Waals surface area contributed by atoms with Gasteiger partial charge in [-0.05, 0) is 41.8 Å². The summed E-state index contributed by atoms with van der Waals surface area (Å²) in [6.45, 7) is 0.515. The van der Waals surface area contributed by atoms with Gasteiger partial charge >= 0.3 is 6.03 Å². The van der Waals surface area contributed by atoms with Gasteiger partial charge in [-0.25, -0.2) is 9.78 Å². The minimum atomic E-state index is -0.377. The average Bonchev–Trinajstić information content (AvgIpc) is 3.08. The lowest BCUT2D eigenvalue weighted by atomic mass is 10.1. The van der Waals surface area contributed by atoms with E-state index in [4.69, 9.17) is 23.2 Å². The molecule has 1 heterocycles. The molecule has 5 nitrogen and oxygen atoms in total. The van der Waals surface area contributed by atoms with Crippen LogP contribution in [0.4, 0.5) is 4.79 Å². The second kappa shape index (κ2) is 8.93. The SMILES string of the molecule is Cn1ccnc1[C@H](NC(=O)NCCc1ccc(Cl)cc1)c1ccc(Cl)cc1.